The van der Waals surface area contributed by atoms with Gasteiger partial charge in [-0.1, -0.05) is 24.3 Å². The molecule has 0 saturated carbocycles. The molecule has 110 valence electrons. The number of rotatable bonds is 8. The van der Waals surface area contributed by atoms with Crippen molar-refractivity contribution < 1.29 is 18.3 Å². The Bertz CT molecular complexity index is 543. The molecule has 0 spiro atoms. The van der Waals surface area contributed by atoms with Crippen LogP contribution in [0.1, 0.15) is 0 Å². The molecule has 0 unspecified atom stereocenters. The van der Waals surface area contributed by atoms with E-state index in [-0.39, 0.29) is 31.1 Å². The fourth-order valence-electron chi connectivity index (χ4n) is 1.55. The van der Waals surface area contributed by atoms with E-state index >= 15 is 0 Å². The quantitative estimate of drug-likeness (QED) is 0.660. The number of hydrogen-bond donors (Lipinski definition) is 2. The Balaban J connectivity index is 2.66. The number of nitrogens with one attached hydrogen (secondary N) is 1. The van der Waals surface area contributed by atoms with Crippen LogP contribution in [0.3, 0.4) is 0 Å². The molecule has 0 aliphatic rings. The summed E-state index contributed by atoms with van der Waals surface area (Å²) in [4.78, 5) is 13.3. The molecule has 0 aromatic heterocycles. The Labute approximate surface area is 118 Å². The molecule has 0 fully saturated rings. The van der Waals surface area contributed by atoms with Crippen molar-refractivity contribution in [2.24, 2.45) is 0 Å². The molecule has 6 nitrogen and oxygen atoms in total. The summed E-state index contributed by atoms with van der Waals surface area (Å²) in [5, 5.41) is 8.85. The van der Waals surface area contributed by atoms with E-state index in [9.17, 15) is 13.2 Å². The average molecular weight is 298 g/mol. The molecule has 0 heterocycles. The molecule has 1 amide bonds. The van der Waals surface area contributed by atoms with E-state index in [2.05, 4.69) is 11.3 Å². The highest BCUT2D eigenvalue weighted by Gasteiger charge is 2.17. The van der Waals surface area contributed by atoms with Gasteiger partial charge in [0, 0.05) is 13.1 Å². The number of benzene rings is 1. The van der Waals surface area contributed by atoms with E-state index in [1.165, 1.54) is 23.1 Å². The standard InChI is InChI=1S/C13H18N2O4S/c1-2-8-15(9-10-16)13(17)11-14-20(18,19)12-6-4-3-5-7-12/h2-7,14,16H,1,8-11H2. The van der Waals surface area contributed by atoms with Crippen LogP contribution in [-0.4, -0.2) is 50.6 Å². The van der Waals surface area contributed by atoms with Gasteiger partial charge in [0.05, 0.1) is 18.0 Å². The maximum atomic E-state index is 11.9. The number of aliphatic hydroxyl groups is 1. The molecular weight excluding hydrogens is 280 g/mol. The summed E-state index contributed by atoms with van der Waals surface area (Å²) in [6.07, 6.45) is 1.51. The summed E-state index contributed by atoms with van der Waals surface area (Å²) < 4.78 is 26.1. The summed E-state index contributed by atoms with van der Waals surface area (Å²) >= 11 is 0. The van der Waals surface area contributed by atoms with E-state index in [4.69, 9.17) is 5.11 Å². The third-order valence-electron chi connectivity index (χ3n) is 2.54. The fourth-order valence-corrected chi connectivity index (χ4v) is 2.54. The van der Waals surface area contributed by atoms with Gasteiger partial charge < -0.3 is 10.0 Å². The van der Waals surface area contributed by atoms with Crippen molar-refractivity contribution >= 4 is 15.9 Å². The summed E-state index contributed by atoms with van der Waals surface area (Å²) in [6.45, 7) is 3.36. The zero-order valence-corrected chi connectivity index (χ0v) is 11.8. The molecule has 0 saturated heterocycles. The van der Waals surface area contributed by atoms with Crippen LogP contribution in [-0.2, 0) is 14.8 Å². The molecule has 20 heavy (non-hydrogen) atoms. The molecule has 1 rings (SSSR count). The minimum atomic E-state index is -3.70. The summed E-state index contributed by atoms with van der Waals surface area (Å²) in [5.41, 5.74) is 0. The van der Waals surface area contributed by atoms with Crippen molar-refractivity contribution in [2.45, 2.75) is 4.90 Å². The lowest BCUT2D eigenvalue weighted by atomic mass is 10.4. The van der Waals surface area contributed by atoms with Gasteiger partial charge in [-0.2, -0.15) is 0 Å². The lowest BCUT2D eigenvalue weighted by molar-refractivity contribution is -0.129. The number of sulfonamides is 1. The van der Waals surface area contributed by atoms with Crippen molar-refractivity contribution in [1.82, 2.24) is 9.62 Å². The highest BCUT2D eigenvalue weighted by atomic mass is 32.2. The lowest BCUT2D eigenvalue weighted by Crippen LogP contribution is -2.41. The first-order valence-electron chi connectivity index (χ1n) is 6.05. The van der Waals surface area contributed by atoms with Gasteiger partial charge in [-0.05, 0) is 12.1 Å². The summed E-state index contributed by atoms with van der Waals surface area (Å²) in [7, 11) is -3.70. The second-order valence-electron chi connectivity index (χ2n) is 3.99. The van der Waals surface area contributed by atoms with Gasteiger partial charge in [-0.15, -0.1) is 6.58 Å². The number of carbonyl (C=O) groups excluding carboxylic acids is 1. The molecule has 2 N–H and O–H groups in total. The molecule has 7 heteroatoms. The number of amides is 1. The van der Waals surface area contributed by atoms with Crippen molar-refractivity contribution in [1.29, 1.82) is 0 Å². The van der Waals surface area contributed by atoms with Crippen LogP contribution < -0.4 is 4.72 Å². The minimum Gasteiger partial charge on any atom is -0.395 e. The largest absolute Gasteiger partial charge is 0.395 e. The SMILES string of the molecule is C=CCN(CCO)C(=O)CNS(=O)(=O)c1ccccc1. The van der Waals surface area contributed by atoms with Gasteiger partial charge in [0.2, 0.25) is 15.9 Å². The van der Waals surface area contributed by atoms with Crippen LogP contribution in [0.5, 0.6) is 0 Å². The van der Waals surface area contributed by atoms with Gasteiger partial charge >= 0.3 is 0 Å². The normalized spacial score (nSPS) is 11.1. The van der Waals surface area contributed by atoms with E-state index in [0.29, 0.717) is 0 Å². The predicted octanol–water partition coefficient (Wildman–Crippen LogP) is -0.0282. The van der Waals surface area contributed by atoms with Gasteiger partial charge in [-0.3, -0.25) is 4.79 Å². The maximum absolute atomic E-state index is 11.9. The zero-order chi connectivity index (χ0) is 15.0. The van der Waals surface area contributed by atoms with Gasteiger partial charge in [0.15, 0.2) is 0 Å². The van der Waals surface area contributed by atoms with E-state index in [1.807, 2.05) is 0 Å². The average Bonchev–Trinajstić information content (AvgIpc) is 2.45. The second kappa shape index (κ2) is 7.78. The Morgan fingerprint density at radius 2 is 2.00 bits per heavy atom. The number of aliphatic hydroxyl groups excluding tert-OH is 1. The van der Waals surface area contributed by atoms with Crippen molar-refractivity contribution in [2.75, 3.05) is 26.2 Å². The first kappa shape index (κ1) is 16.4. The predicted molar refractivity (Wildman–Crippen MR) is 75.5 cm³/mol. The second-order valence-corrected chi connectivity index (χ2v) is 5.76. The monoisotopic (exact) mass is 298 g/mol. The molecular formula is C13H18N2O4S. The lowest BCUT2D eigenvalue weighted by Gasteiger charge is -2.20. The highest BCUT2D eigenvalue weighted by molar-refractivity contribution is 7.89. The Morgan fingerprint density at radius 3 is 2.55 bits per heavy atom. The highest BCUT2D eigenvalue weighted by Crippen LogP contribution is 2.06. The minimum absolute atomic E-state index is 0.102. The van der Waals surface area contributed by atoms with E-state index in [0.717, 1.165) is 0 Å². The van der Waals surface area contributed by atoms with Crippen LogP contribution in [0.15, 0.2) is 47.9 Å². The van der Waals surface area contributed by atoms with Crippen LogP contribution in [0, 0.1) is 0 Å². The third-order valence-corrected chi connectivity index (χ3v) is 3.96. The number of nitrogens with zero attached hydrogens (tertiary/aromatic N) is 1. The molecule has 0 aliphatic heterocycles. The Morgan fingerprint density at radius 1 is 1.35 bits per heavy atom. The van der Waals surface area contributed by atoms with Crippen molar-refractivity contribution in [3.63, 3.8) is 0 Å². The molecule has 1 aromatic carbocycles. The maximum Gasteiger partial charge on any atom is 0.241 e. The van der Waals surface area contributed by atoms with Gasteiger partial charge in [0.25, 0.3) is 0 Å². The molecule has 1 aromatic rings. The molecule has 0 aliphatic carbocycles. The summed E-state index contributed by atoms with van der Waals surface area (Å²) in [5.74, 6) is -0.418. The molecule has 0 atom stereocenters. The first-order chi connectivity index (χ1) is 9.51. The van der Waals surface area contributed by atoms with E-state index < -0.39 is 15.9 Å². The van der Waals surface area contributed by atoms with Crippen LogP contribution >= 0.6 is 0 Å². The fraction of sp³-hybridized carbons (Fsp3) is 0.308. The van der Waals surface area contributed by atoms with Crippen LogP contribution in [0.2, 0.25) is 0 Å². The Kier molecular flexibility index (Phi) is 6.37. The Hall–Kier alpha value is -1.70. The van der Waals surface area contributed by atoms with Crippen LogP contribution in [0.25, 0.3) is 0 Å². The van der Waals surface area contributed by atoms with E-state index in [1.54, 1.807) is 18.2 Å². The van der Waals surface area contributed by atoms with Crippen molar-refractivity contribution in [3.8, 4) is 0 Å². The smallest absolute Gasteiger partial charge is 0.241 e. The van der Waals surface area contributed by atoms with Gasteiger partial charge in [-0.25, -0.2) is 13.1 Å². The number of carbonyl (C=O) groups is 1. The zero-order valence-electron chi connectivity index (χ0n) is 11.0. The number of hydrogen-bond acceptors (Lipinski definition) is 4. The molecule has 0 radical (unpaired) electrons. The molecule has 0 bridgehead atoms. The third kappa shape index (κ3) is 4.76. The van der Waals surface area contributed by atoms with Crippen molar-refractivity contribution in [3.05, 3.63) is 43.0 Å². The topological polar surface area (TPSA) is 86.7 Å². The van der Waals surface area contributed by atoms with Crippen LogP contribution in [0.4, 0.5) is 0 Å². The van der Waals surface area contributed by atoms with Gasteiger partial charge in [0.1, 0.15) is 0 Å². The summed E-state index contributed by atoms with van der Waals surface area (Å²) in [6, 6.07) is 7.81. The first-order valence-corrected chi connectivity index (χ1v) is 7.54.